The average Bonchev–Trinajstić information content (AvgIpc) is 3.92. The summed E-state index contributed by atoms with van der Waals surface area (Å²) < 4.78 is 1.35. The molecule has 0 spiro atoms. The summed E-state index contributed by atoms with van der Waals surface area (Å²) in [6, 6.07) is 11.1. The molecular formula is C37H11N27. The fourth-order valence-corrected chi connectivity index (χ4v) is 6.72. The number of nitriles is 6. The Hall–Kier alpha value is -10.9. The lowest BCUT2D eigenvalue weighted by atomic mass is 10.1. The zero-order valence-corrected chi connectivity index (χ0v) is 32.2. The summed E-state index contributed by atoms with van der Waals surface area (Å²) in [6.45, 7) is 5.30. The van der Waals surface area contributed by atoms with Crippen LogP contribution >= 0.6 is 0 Å². The largest absolute Gasteiger partial charge is 0.269 e. The second-order valence-corrected chi connectivity index (χ2v) is 13.5. The van der Waals surface area contributed by atoms with Crippen LogP contribution in [0.1, 0.15) is 51.0 Å². The first-order valence-corrected chi connectivity index (χ1v) is 18.1. The molecule has 6 bridgehead atoms. The maximum Gasteiger partial charge on any atom is 0.199 e. The monoisotopic (exact) mass is 833 g/mol. The van der Waals surface area contributed by atoms with Gasteiger partial charge in [-0.15, -0.1) is 0 Å². The number of fused-ring (bicyclic) bond motifs is 18. The third kappa shape index (κ3) is 5.13. The zero-order valence-electron chi connectivity index (χ0n) is 32.2. The maximum atomic E-state index is 9.80. The van der Waals surface area contributed by atoms with Gasteiger partial charge in [0.15, 0.2) is 108 Å². The van der Waals surface area contributed by atoms with Crippen molar-refractivity contribution in [3.05, 3.63) is 51.0 Å². The Morgan fingerprint density at radius 1 is 0.359 bits per heavy atom. The van der Waals surface area contributed by atoms with Crippen molar-refractivity contribution < 1.29 is 0 Å². The van der Waals surface area contributed by atoms with E-state index in [9.17, 15) is 31.6 Å². The Balaban J connectivity index is 1.33. The predicted octanol–water partition coefficient (Wildman–Crippen LogP) is 1.51. The van der Waals surface area contributed by atoms with Gasteiger partial charge in [0.2, 0.25) is 0 Å². The minimum atomic E-state index is -0.300. The van der Waals surface area contributed by atoms with Gasteiger partial charge >= 0.3 is 0 Å². The molecule has 4 aliphatic rings. The molecule has 0 unspecified atom stereocenters. The smallest absolute Gasteiger partial charge is 0.199 e. The SMILES string of the molecule is Cc1nc2nc(nc3c4nc5nc(C#N)c(C#N)nc5nc4c4nc5nc(nc(c(C)c1C)NNn34)-c1nc3nc(C#N)c(C#N)nc3nc1-5)-c1nc3nc(C#N)c(C#N)nc3nc1-2. The van der Waals surface area contributed by atoms with Gasteiger partial charge in [-0.25, -0.2) is 99.9 Å². The molecular weight excluding hydrogens is 823 g/mol. The molecule has 0 saturated heterocycles. The fraction of sp³-hybridized carbons (Fsp3) is 0.0811. The van der Waals surface area contributed by atoms with Crippen molar-refractivity contribution in [2.45, 2.75) is 20.8 Å². The molecule has 0 aliphatic carbocycles. The number of anilines is 1. The van der Waals surface area contributed by atoms with Gasteiger partial charge < -0.3 is 0 Å². The van der Waals surface area contributed by atoms with E-state index in [0.717, 1.165) is 0 Å². The summed E-state index contributed by atoms with van der Waals surface area (Å²) in [4.78, 5) is 82.5. The summed E-state index contributed by atoms with van der Waals surface area (Å²) in [7, 11) is 0. The predicted molar refractivity (Wildman–Crippen MR) is 211 cm³/mol. The number of aryl methyl sites for hydroxylation is 1. The Kier molecular flexibility index (Phi) is 7.38. The van der Waals surface area contributed by atoms with Crippen molar-refractivity contribution in [1.29, 1.82) is 31.6 Å². The fourth-order valence-electron chi connectivity index (χ4n) is 6.72. The number of hydrazine groups is 1. The first kappa shape index (κ1) is 36.2. The highest BCUT2D eigenvalue weighted by Crippen LogP contribution is 2.36. The highest BCUT2D eigenvalue weighted by molar-refractivity contribution is 6.03. The number of hydrogen-bond acceptors (Lipinski definition) is 26. The molecule has 7 aromatic rings. The average molecular weight is 834 g/mol. The van der Waals surface area contributed by atoms with E-state index in [1.807, 2.05) is 36.4 Å². The molecule has 27 heteroatoms. The van der Waals surface area contributed by atoms with E-state index in [-0.39, 0.29) is 142 Å². The van der Waals surface area contributed by atoms with Crippen LogP contribution in [-0.4, -0.2) is 94.4 Å². The third-order valence-corrected chi connectivity index (χ3v) is 9.97. The van der Waals surface area contributed by atoms with E-state index in [2.05, 4.69) is 60.8 Å². The lowest BCUT2D eigenvalue weighted by Crippen LogP contribution is -2.23. The van der Waals surface area contributed by atoms with Crippen LogP contribution in [0.4, 0.5) is 5.82 Å². The lowest BCUT2D eigenvalue weighted by molar-refractivity contribution is 0.945. The van der Waals surface area contributed by atoms with Crippen LogP contribution in [0.2, 0.25) is 0 Å². The standard InChI is InChI=1S/C37H11N27/c1-10-11(2)25-57-27-20-22(54-33-31(52-20)46-14(5-39)16(7-41)48-33)29(59-27)61-37-24-23(55-34-35(56-24)50-18(9-43)17(8-42)49-34)36(64(37)63-62-25)60-28-21-19(26(58-28)44-12(10)3)51-30-32(53-21)47-15(6-40)13(4-38)45-30/h63H,1-3H3,(H,57,59,61,62). The molecule has 2 N–H and O–H groups in total. The van der Waals surface area contributed by atoms with Gasteiger partial charge in [0.25, 0.3) is 0 Å². The van der Waals surface area contributed by atoms with E-state index in [1.54, 1.807) is 20.8 Å². The molecule has 7 aromatic heterocycles. The highest BCUT2D eigenvalue weighted by atomic mass is 15.6. The zero-order chi connectivity index (χ0) is 44.1. The van der Waals surface area contributed by atoms with Crippen LogP contribution in [0.3, 0.4) is 0 Å². The van der Waals surface area contributed by atoms with Crippen molar-refractivity contribution in [1.82, 2.24) is 94.4 Å². The van der Waals surface area contributed by atoms with Gasteiger partial charge in [-0.2, -0.15) is 31.6 Å². The molecule has 4 aliphatic heterocycles. The number of rotatable bonds is 0. The number of aromatic nitrogens is 19. The van der Waals surface area contributed by atoms with E-state index in [0.29, 0.717) is 16.8 Å². The van der Waals surface area contributed by atoms with Gasteiger partial charge in [-0.1, -0.05) is 0 Å². The third-order valence-electron chi connectivity index (χ3n) is 9.97. The van der Waals surface area contributed by atoms with Crippen LogP contribution in [-0.2, 0) is 0 Å². The summed E-state index contributed by atoms with van der Waals surface area (Å²) in [5, 5.41) is 58.3. The Labute approximate surface area is 352 Å². The molecule has 0 atom stereocenters. The Morgan fingerprint density at radius 3 is 1.05 bits per heavy atom. The van der Waals surface area contributed by atoms with Gasteiger partial charge in [0.05, 0.1) is 0 Å². The van der Waals surface area contributed by atoms with E-state index >= 15 is 0 Å². The second kappa shape index (κ2) is 13.1. The van der Waals surface area contributed by atoms with Gasteiger partial charge in [-0.05, 0) is 31.9 Å². The number of nitrogens with one attached hydrogen (secondary N) is 2. The summed E-state index contributed by atoms with van der Waals surface area (Å²) in [5.74, 6) is 0.137. The van der Waals surface area contributed by atoms with Crippen LogP contribution in [0, 0.1) is 88.8 Å². The van der Waals surface area contributed by atoms with Crippen molar-refractivity contribution in [3.8, 4) is 82.5 Å². The molecule has 0 amide bonds. The summed E-state index contributed by atoms with van der Waals surface area (Å²) in [6.07, 6.45) is 0. The van der Waals surface area contributed by atoms with Crippen molar-refractivity contribution >= 4 is 62.0 Å². The van der Waals surface area contributed by atoms with Crippen LogP contribution < -0.4 is 11.0 Å². The Bertz CT molecular complexity index is 4090. The van der Waals surface area contributed by atoms with Crippen LogP contribution in [0.15, 0.2) is 0 Å². The molecule has 0 radical (unpaired) electrons. The molecule has 0 fully saturated rings. The number of hydrogen-bond donors (Lipinski definition) is 2. The minimum Gasteiger partial charge on any atom is -0.269 e. The van der Waals surface area contributed by atoms with Crippen molar-refractivity contribution in [2.75, 3.05) is 11.0 Å². The molecule has 0 aromatic carbocycles. The quantitative estimate of drug-likeness (QED) is 0.218. The van der Waals surface area contributed by atoms with Gasteiger partial charge in [-0.3, -0.25) is 5.43 Å². The van der Waals surface area contributed by atoms with Crippen LogP contribution in [0.5, 0.6) is 0 Å². The van der Waals surface area contributed by atoms with E-state index in [1.165, 1.54) is 4.68 Å². The highest BCUT2D eigenvalue weighted by Gasteiger charge is 2.30. The normalized spacial score (nSPS) is 11.5. The molecule has 11 heterocycles. The molecule has 0 saturated carbocycles. The van der Waals surface area contributed by atoms with E-state index < -0.39 is 0 Å². The minimum absolute atomic E-state index is 0.0111. The lowest BCUT2D eigenvalue weighted by Gasteiger charge is -2.13. The number of nitrogens with zero attached hydrogens (tertiary/aromatic N) is 25. The van der Waals surface area contributed by atoms with Crippen molar-refractivity contribution in [3.63, 3.8) is 0 Å². The first-order valence-electron chi connectivity index (χ1n) is 18.1. The van der Waals surface area contributed by atoms with Crippen LogP contribution in [0.25, 0.3) is 102 Å². The molecule has 27 nitrogen and oxygen atoms in total. The van der Waals surface area contributed by atoms with Crippen molar-refractivity contribution in [2.24, 2.45) is 0 Å². The first-order chi connectivity index (χ1) is 31.1. The van der Waals surface area contributed by atoms with Gasteiger partial charge in [0, 0.05) is 5.69 Å². The van der Waals surface area contributed by atoms with Gasteiger partial charge in [0.1, 0.15) is 70.2 Å². The molecule has 64 heavy (non-hydrogen) atoms. The molecule has 11 rings (SSSR count). The summed E-state index contributed by atoms with van der Waals surface area (Å²) >= 11 is 0. The topological polar surface area (TPSA) is 404 Å². The molecule has 294 valence electrons. The Morgan fingerprint density at radius 2 is 0.688 bits per heavy atom. The second-order valence-electron chi connectivity index (χ2n) is 13.5. The summed E-state index contributed by atoms with van der Waals surface area (Å²) in [5.41, 5.74) is 5.94. The maximum absolute atomic E-state index is 9.80. The van der Waals surface area contributed by atoms with E-state index in [4.69, 9.17) is 39.9 Å².